The molecule has 0 bridgehead atoms. The van der Waals surface area contributed by atoms with E-state index in [2.05, 4.69) is 54.7 Å². The Kier molecular flexibility index (Phi) is 5.46. The number of aliphatic imine (C=N–C) groups is 1. The van der Waals surface area contributed by atoms with E-state index < -0.39 is 5.41 Å². The van der Waals surface area contributed by atoms with Crippen LogP contribution in [0.3, 0.4) is 0 Å². The number of hydrogen-bond donors (Lipinski definition) is 0. The molecule has 0 radical (unpaired) electrons. The molecule has 1 aliphatic heterocycles. The van der Waals surface area contributed by atoms with E-state index in [9.17, 15) is 9.59 Å². The van der Waals surface area contributed by atoms with Crippen molar-refractivity contribution in [2.24, 2.45) is 77.8 Å². The Morgan fingerprint density at radius 1 is 0.921 bits per heavy atom. The molecular weight excluding hydrogens is 472 g/mol. The lowest BCUT2D eigenvalue weighted by molar-refractivity contribution is -0.212. The second-order valence-corrected chi connectivity index (χ2v) is 15.6. The Labute approximate surface area is 228 Å². The number of rotatable bonds is 1. The molecule has 1 unspecified atom stereocenters. The van der Waals surface area contributed by atoms with Gasteiger partial charge < -0.3 is 4.79 Å². The predicted molar refractivity (Wildman–Crippen MR) is 147 cm³/mol. The van der Waals surface area contributed by atoms with E-state index in [0.717, 1.165) is 44.4 Å². The molecule has 0 aromatic rings. The zero-order chi connectivity index (χ0) is 27.5. The second kappa shape index (κ2) is 7.95. The molecule has 4 saturated carbocycles. The SMILES string of the molecule is [C-]#[N+]C1=C[C@]2(C)[C@H]3CC(=O)[C@@H]4[C@@H]5CC(C)(C)C[C@@H](C6=NCN=N6)C5CC[C@@]4(C)[C@]3(C)CC[C@H]2C(C)(C)C1=O. The van der Waals surface area contributed by atoms with E-state index in [0.29, 0.717) is 36.6 Å². The minimum absolute atomic E-state index is 0.0206. The number of nitrogens with zero attached hydrogens (tertiary/aromatic N) is 4. The Bertz CT molecular complexity index is 1240. The molecule has 0 amide bonds. The standard InChI is InChI=1S/C32H44N4O2/c1-28(2)14-19-18(20(15-28)27-34-17-35-36-27)9-11-32(7)25(19)22(37)13-24-30(5)16-21(33-8)26(38)29(3,4)23(30)10-12-31(24,32)6/h16,18-20,23-25H,9-15,17H2,1-7H3/t18?,19-,20-,23+,24-,25+,30+,31-,32-/m1/s1. The van der Waals surface area contributed by atoms with Crippen LogP contribution in [0.2, 0.25) is 0 Å². The number of allylic oxidation sites excluding steroid dienone is 2. The van der Waals surface area contributed by atoms with Gasteiger partial charge in [-0.1, -0.05) is 54.5 Å². The Hall–Kier alpha value is -2.16. The minimum Gasteiger partial charge on any atom is -0.307 e. The van der Waals surface area contributed by atoms with Crippen LogP contribution < -0.4 is 0 Å². The largest absolute Gasteiger partial charge is 0.307 e. The molecular formula is C32H44N4O2. The summed E-state index contributed by atoms with van der Waals surface area (Å²) in [6, 6.07) is 0. The van der Waals surface area contributed by atoms with E-state index in [1.807, 2.05) is 19.9 Å². The van der Waals surface area contributed by atoms with Gasteiger partial charge in [-0.3, -0.25) is 4.79 Å². The molecule has 0 spiro atoms. The van der Waals surface area contributed by atoms with Crippen LogP contribution in [0.15, 0.2) is 27.0 Å². The monoisotopic (exact) mass is 516 g/mol. The molecule has 5 aliphatic carbocycles. The topological polar surface area (TPSA) is 75.6 Å². The van der Waals surface area contributed by atoms with E-state index in [4.69, 9.17) is 6.57 Å². The summed E-state index contributed by atoms with van der Waals surface area (Å²) in [5.74, 6) is 2.73. The van der Waals surface area contributed by atoms with Crippen LogP contribution in [0.25, 0.3) is 4.85 Å². The number of fused-ring (bicyclic) bond motifs is 7. The van der Waals surface area contributed by atoms with Crippen LogP contribution in [0.5, 0.6) is 0 Å². The first-order valence-corrected chi connectivity index (χ1v) is 14.8. The lowest BCUT2D eigenvalue weighted by atomic mass is 9.32. The first-order valence-electron chi connectivity index (χ1n) is 14.8. The lowest BCUT2D eigenvalue weighted by Crippen LogP contribution is -2.67. The zero-order valence-electron chi connectivity index (χ0n) is 24.3. The van der Waals surface area contributed by atoms with Crippen molar-refractivity contribution >= 4 is 17.4 Å². The summed E-state index contributed by atoms with van der Waals surface area (Å²) in [4.78, 5) is 36.1. The van der Waals surface area contributed by atoms with Crippen LogP contribution in [0.4, 0.5) is 0 Å². The third-order valence-electron chi connectivity index (χ3n) is 13.1. The number of amidine groups is 1. The maximum atomic E-state index is 14.5. The fourth-order valence-electron chi connectivity index (χ4n) is 11.3. The van der Waals surface area contributed by atoms with Crippen molar-refractivity contribution in [1.82, 2.24) is 0 Å². The van der Waals surface area contributed by atoms with Crippen molar-refractivity contribution in [3.63, 3.8) is 0 Å². The second-order valence-electron chi connectivity index (χ2n) is 15.6. The first kappa shape index (κ1) is 26.1. The smallest absolute Gasteiger partial charge is 0.226 e. The van der Waals surface area contributed by atoms with E-state index in [-0.39, 0.29) is 50.9 Å². The molecule has 0 N–H and O–H groups in total. The molecule has 0 aromatic carbocycles. The molecule has 4 fully saturated rings. The molecule has 204 valence electrons. The molecule has 6 aliphatic rings. The molecule has 6 heteroatoms. The Balaban J connectivity index is 1.43. The van der Waals surface area contributed by atoms with Crippen molar-refractivity contribution in [2.45, 2.75) is 93.4 Å². The normalized spacial score (nSPS) is 48.6. The highest BCUT2D eigenvalue weighted by molar-refractivity contribution is 6.02. The van der Waals surface area contributed by atoms with Gasteiger partial charge in [-0.2, -0.15) is 5.11 Å². The number of carbonyl (C=O) groups excluding carboxylic acids is 2. The number of Topliss-reactive ketones (excluding diaryl/α,β-unsaturated/α-hetero) is 2. The molecule has 1 heterocycles. The summed E-state index contributed by atoms with van der Waals surface area (Å²) < 4.78 is 0. The molecule has 0 aromatic heterocycles. The molecule has 38 heavy (non-hydrogen) atoms. The summed E-state index contributed by atoms with van der Waals surface area (Å²) in [6.07, 6.45) is 8.88. The third-order valence-corrected chi connectivity index (χ3v) is 13.1. The number of hydrogen-bond acceptors (Lipinski definition) is 5. The van der Waals surface area contributed by atoms with E-state index in [1.54, 1.807) is 0 Å². The predicted octanol–water partition coefficient (Wildman–Crippen LogP) is 7.32. The molecule has 6 nitrogen and oxygen atoms in total. The highest BCUT2D eigenvalue weighted by atomic mass is 16.1. The van der Waals surface area contributed by atoms with Gasteiger partial charge in [0.05, 0.1) is 6.57 Å². The van der Waals surface area contributed by atoms with Crippen molar-refractivity contribution in [1.29, 1.82) is 0 Å². The first-order chi connectivity index (χ1) is 17.7. The van der Waals surface area contributed by atoms with Crippen LogP contribution >= 0.6 is 0 Å². The summed E-state index contributed by atoms with van der Waals surface area (Å²) in [5, 5.41) is 8.64. The van der Waals surface area contributed by atoms with Gasteiger partial charge in [0.2, 0.25) is 5.70 Å². The Morgan fingerprint density at radius 2 is 1.63 bits per heavy atom. The van der Waals surface area contributed by atoms with Crippen LogP contribution in [0.1, 0.15) is 93.4 Å². The van der Waals surface area contributed by atoms with Gasteiger partial charge in [0.25, 0.3) is 0 Å². The highest BCUT2D eigenvalue weighted by Gasteiger charge is 2.71. The van der Waals surface area contributed by atoms with Crippen LogP contribution in [0, 0.1) is 69.2 Å². The van der Waals surface area contributed by atoms with Gasteiger partial charge in [0.1, 0.15) is 5.78 Å². The Morgan fingerprint density at radius 3 is 2.29 bits per heavy atom. The average Bonchev–Trinajstić information content (AvgIpc) is 3.37. The fraction of sp³-hybridized carbons (Fsp3) is 0.812. The highest BCUT2D eigenvalue weighted by Crippen LogP contribution is 2.74. The fourth-order valence-corrected chi connectivity index (χ4v) is 11.3. The number of azo groups is 1. The van der Waals surface area contributed by atoms with Gasteiger partial charge >= 0.3 is 0 Å². The zero-order valence-corrected chi connectivity index (χ0v) is 24.3. The van der Waals surface area contributed by atoms with Crippen molar-refractivity contribution < 1.29 is 9.59 Å². The molecule has 0 saturated heterocycles. The lowest BCUT2D eigenvalue weighted by Gasteiger charge is -2.71. The summed E-state index contributed by atoms with van der Waals surface area (Å²) >= 11 is 0. The summed E-state index contributed by atoms with van der Waals surface area (Å²) in [5.41, 5.74) is -0.628. The van der Waals surface area contributed by atoms with Crippen molar-refractivity contribution in [3.8, 4) is 0 Å². The molecule has 9 atom stereocenters. The van der Waals surface area contributed by atoms with Gasteiger partial charge in [-0.15, -0.1) is 5.11 Å². The van der Waals surface area contributed by atoms with E-state index in [1.165, 1.54) is 0 Å². The van der Waals surface area contributed by atoms with Gasteiger partial charge in [0, 0.05) is 23.7 Å². The van der Waals surface area contributed by atoms with Crippen molar-refractivity contribution in [2.75, 3.05) is 6.67 Å². The van der Waals surface area contributed by atoms with Crippen molar-refractivity contribution in [3.05, 3.63) is 23.2 Å². The number of carbonyl (C=O) groups is 2. The maximum absolute atomic E-state index is 14.5. The van der Waals surface area contributed by atoms with Gasteiger partial charge in [0.15, 0.2) is 18.3 Å². The van der Waals surface area contributed by atoms with Gasteiger partial charge in [-0.05, 0) is 83.9 Å². The van der Waals surface area contributed by atoms with Crippen LogP contribution in [-0.2, 0) is 9.59 Å². The average molecular weight is 517 g/mol. The maximum Gasteiger partial charge on any atom is 0.226 e. The quantitative estimate of drug-likeness (QED) is 0.342. The van der Waals surface area contributed by atoms with E-state index >= 15 is 0 Å². The number of ketones is 2. The minimum atomic E-state index is -0.583. The summed E-state index contributed by atoms with van der Waals surface area (Å²) in [7, 11) is 0. The molecule has 6 rings (SSSR count). The summed E-state index contributed by atoms with van der Waals surface area (Å²) in [6.45, 7) is 24.2. The van der Waals surface area contributed by atoms with Gasteiger partial charge in [-0.25, -0.2) is 9.84 Å². The van der Waals surface area contributed by atoms with Crippen LogP contribution in [-0.4, -0.2) is 24.1 Å². The third kappa shape index (κ3) is 3.20.